The van der Waals surface area contributed by atoms with Crippen molar-refractivity contribution in [1.29, 1.82) is 0 Å². The number of hydrogen-bond donors (Lipinski definition) is 1. The molecule has 0 radical (unpaired) electrons. The van der Waals surface area contributed by atoms with Gasteiger partial charge in [0.05, 0.1) is 38.8 Å². The highest BCUT2D eigenvalue weighted by Crippen LogP contribution is 2.30. The normalized spacial score (nSPS) is 10.4. The lowest BCUT2D eigenvalue weighted by Crippen LogP contribution is -2.35. The number of aromatic nitrogens is 2. The first-order valence-electron chi connectivity index (χ1n) is 10.6. The summed E-state index contributed by atoms with van der Waals surface area (Å²) in [6.45, 7) is 4.55. The van der Waals surface area contributed by atoms with Crippen molar-refractivity contribution < 1.29 is 23.8 Å². The van der Waals surface area contributed by atoms with Gasteiger partial charge in [-0.1, -0.05) is 18.2 Å². The van der Waals surface area contributed by atoms with Crippen LogP contribution in [0, 0.1) is 0 Å². The van der Waals surface area contributed by atoms with Crippen molar-refractivity contribution in [3.8, 4) is 22.9 Å². The molecule has 0 unspecified atom stereocenters. The standard InChI is InChI=1S/C24H28N4O5/c1-5-32-19-13-12-17(14-20(19)33-6-2)25-22(29)16-27(3)24(30)23-21(31-4)15-28(26-23)18-10-8-7-9-11-18/h7-15H,5-6,16H2,1-4H3,(H,25,29). The van der Waals surface area contributed by atoms with Crippen molar-refractivity contribution in [2.75, 3.05) is 39.2 Å². The summed E-state index contributed by atoms with van der Waals surface area (Å²) in [4.78, 5) is 26.8. The van der Waals surface area contributed by atoms with Gasteiger partial charge in [-0.05, 0) is 38.1 Å². The van der Waals surface area contributed by atoms with E-state index >= 15 is 0 Å². The van der Waals surface area contributed by atoms with Gasteiger partial charge in [0.1, 0.15) is 0 Å². The van der Waals surface area contributed by atoms with E-state index < -0.39 is 5.91 Å². The predicted octanol–water partition coefficient (Wildman–Crippen LogP) is 3.39. The number of para-hydroxylation sites is 1. The molecular weight excluding hydrogens is 424 g/mol. The first kappa shape index (κ1) is 23.6. The number of amides is 2. The number of hydrogen-bond acceptors (Lipinski definition) is 6. The summed E-state index contributed by atoms with van der Waals surface area (Å²) in [6.07, 6.45) is 1.63. The molecule has 0 bridgehead atoms. The maximum absolute atomic E-state index is 13.0. The van der Waals surface area contributed by atoms with E-state index in [4.69, 9.17) is 14.2 Å². The van der Waals surface area contributed by atoms with Crippen LogP contribution in [0.5, 0.6) is 17.2 Å². The summed E-state index contributed by atoms with van der Waals surface area (Å²) >= 11 is 0. The zero-order valence-electron chi connectivity index (χ0n) is 19.2. The Labute approximate surface area is 192 Å². The third kappa shape index (κ3) is 5.82. The molecule has 174 valence electrons. The molecule has 1 N–H and O–H groups in total. The minimum atomic E-state index is -0.432. The maximum atomic E-state index is 13.0. The number of nitrogens with zero attached hydrogens (tertiary/aromatic N) is 3. The number of carbonyl (C=O) groups excluding carboxylic acids is 2. The molecule has 1 aromatic heterocycles. The Balaban J connectivity index is 1.69. The third-order valence-corrected chi connectivity index (χ3v) is 4.68. The van der Waals surface area contributed by atoms with Gasteiger partial charge in [0.2, 0.25) is 5.91 Å². The molecule has 2 aromatic carbocycles. The van der Waals surface area contributed by atoms with Crippen LogP contribution in [0.1, 0.15) is 24.3 Å². The van der Waals surface area contributed by atoms with Gasteiger partial charge in [-0.2, -0.15) is 5.10 Å². The predicted molar refractivity (Wildman–Crippen MR) is 124 cm³/mol. The van der Waals surface area contributed by atoms with Gasteiger partial charge in [0.15, 0.2) is 22.9 Å². The fourth-order valence-electron chi connectivity index (χ4n) is 3.17. The van der Waals surface area contributed by atoms with Crippen LogP contribution >= 0.6 is 0 Å². The van der Waals surface area contributed by atoms with E-state index in [0.717, 1.165) is 5.69 Å². The summed E-state index contributed by atoms with van der Waals surface area (Å²) in [6, 6.07) is 14.5. The van der Waals surface area contributed by atoms with Gasteiger partial charge >= 0.3 is 0 Å². The molecule has 0 atom stereocenters. The van der Waals surface area contributed by atoms with Crippen LogP contribution in [-0.2, 0) is 4.79 Å². The molecule has 3 aromatic rings. The lowest BCUT2D eigenvalue weighted by atomic mass is 10.2. The van der Waals surface area contributed by atoms with Crippen molar-refractivity contribution in [1.82, 2.24) is 14.7 Å². The van der Waals surface area contributed by atoms with Crippen LogP contribution in [0.15, 0.2) is 54.7 Å². The monoisotopic (exact) mass is 452 g/mol. The van der Waals surface area contributed by atoms with Gasteiger partial charge in [-0.15, -0.1) is 0 Å². The highest BCUT2D eigenvalue weighted by molar-refractivity contribution is 5.99. The number of likely N-dealkylation sites (N-methyl/N-ethyl adjacent to an activating group) is 1. The Morgan fingerprint density at radius 1 is 1.00 bits per heavy atom. The minimum Gasteiger partial charge on any atom is -0.493 e. The van der Waals surface area contributed by atoms with E-state index in [1.54, 1.807) is 29.1 Å². The second-order valence-electron chi connectivity index (χ2n) is 7.06. The first-order chi connectivity index (χ1) is 16.0. The summed E-state index contributed by atoms with van der Waals surface area (Å²) < 4.78 is 18.0. The highest BCUT2D eigenvalue weighted by Gasteiger charge is 2.23. The summed E-state index contributed by atoms with van der Waals surface area (Å²) in [5.74, 6) is 0.671. The Morgan fingerprint density at radius 3 is 2.36 bits per heavy atom. The molecule has 9 heteroatoms. The Bertz CT molecular complexity index is 1100. The minimum absolute atomic E-state index is 0.122. The molecule has 3 rings (SSSR count). The van der Waals surface area contributed by atoms with Gasteiger partial charge < -0.3 is 24.4 Å². The van der Waals surface area contributed by atoms with Gasteiger partial charge in [0.25, 0.3) is 5.91 Å². The maximum Gasteiger partial charge on any atom is 0.278 e. The molecule has 9 nitrogen and oxygen atoms in total. The summed E-state index contributed by atoms with van der Waals surface area (Å²) in [5.41, 5.74) is 1.45. The van der Waals surface area contributed by atoms with Crippen LogP contribution in [0.3, 0.4) is 0 Å². The van der Waals surface area contributed by atoms with E-state index in [2.05, 4.69) is 10.4 Å². The lowest BCUT2D eigenvalue weighted by molar-refractivity contribution is -0.116. The van der Waals surface area contributed by atoms with Crippen molar-refractivity contribution >= 4 is 17.5 Å². The molecule has 0 aliphatic carbocycles. The Morgan fingerprint density at radius 2 is 1.70 bits per heavy atom. The van der Waals surface area contributed by atoms with Crippen molar-refractivity contribution in [2.45, 2.75) is 13.8 Å². The highest BCUT2D eigenvalue weighted by atomic mass is 16.5. The molecule has 0 aliphatic heterocycles. The van der Waals surface area contributed by atoms with Crippen LogP contribution in [0.2, 0.25) is 0 Å². The Hall–Kier alpha value is -4.01. The number of ether oxygens (including phenoxy) is 3. The second-order valence-corrected chi connectivity index (χ2v) is 7.06. The van der Waals surface area contributed by atoms with E-state index in [9.17, 15) is 9.59 Å². The fourth-order valence-corrected chi connectivity index (χ4v) is 3.17. The van der Waals surface area contributed by atoms with E-state index in [0.29, 0.717) is 36.1 Å². The van der Waals surface area contributed by atoms with E-state index in [1.165, 1.54) is 19.1 Å². The number of benzene rings is 2. The quantitative estimate of drug-likeness (QED) is 0.507. The number of carbonyl (C=O) groups is 2. The second kappa shape index (κ2) is 11.0. The van der Waals surface area contributed by atoms with Crippen molar-refractivity contribution in [3.63, 3.8) is 0 Å². The molecule has 33 heavy (non-hydrogen) atoms. The molecule has 0 fully saturated rings. The lowest BCUT2D eigenvalue weighted by Gasteiger charge is -2.17. The van der Waals surface area contributed by atoms with Crippen molar-refractivity contribution in [3.05, 3.63) is 60.4 Å². The van der Waals surface area contributed by atoms with Crippen LogP contribution in [-0.4, -0.2) is 60.4 Å². The fraction of sp³-hybridized carbons (Fsp3) is 0.292. The zero-order valence-corrected chi connectivity index (χ0v) is 19.2. The van der Waals surface area contributed by atoms with Crippen molar-refractivity contribution in [2.24, 2.45) is 0 Å². The summed E-state index contributed by atoms with van der Waals surface area (Å²) in [7, 11) is 3.00. The van der Waals surface area contributed by atoms with Gasteiger partial charge in [-0.25, -0.2) is 4.68 Å². The van der Waals surface area contributed by atoms with Gasteiger partial charge in [0, 0.05) is 18.8 Å². The average molecular weight is 453 g/mol. The Kier molecular flexibility index (Phi) is 7.91. The number of nitrogens with one attached hydrogen (secondary N) is 1. The van der Waals surface area contributed by atoms with Crippen LogP contribution < -0.4 is 19.5 Å². The summed E-state index contributed by atoms with van der Waals surface area (Å²) in [5, 5.41) is 7.14. The number of rotatable bonds is 10. The average Bonchev–Trinajstić information content (AvgIpc) is 3.25. The first-order valence-corrected chi connectivity index (χ1v) is 10.6. The molecule has 0 spiro atoms. The molecule has 0 saturated carbocycles. The molecule has 2 amide bonds. The van der Waals surface area contributed by atoms with E-state index in [-0.39, 0.29) is 18.1 Å². The molecule has 1 heterocycles. The SMILES string of the molecule is CCOc1ccc(NC(=O)CN(C)C(=O)c2nn(-c3ccccc3)cc2OC)cc1OCC. The smallest absolute Gasteiger partial charge is 0.278 e. The number of methoxy groups -OCH3 is 1. The van der Waals surface area contributed by atoms with E-state index in [1.807, 2.05) is 44.2 Å². The zero-order chi connectivity index (χ0) is 23.8. The molecule has 0 saturated heterocycles. The third-order valence-electron chi connectivity index (χ3n) is 4.68. The van der Waals surface area contributed by atoms with Crippen LogP contribution in [0.25, 0.3) is 5.69 Å². The topological polar surface area (TPSA) is 94.9 Å². The molecule has 0 aliphatic rings. The largest absolute Gasteiger partial charge is 0.493 e. The number of anilines is 1. The van der Waals surface area contributed by atoms with Gasteiger partial charge in [-0.3, -0.25) is 9.59 Å². The van der Waals surface area contributed by atoms with Crippen LogP contribution in [0.4, 0.5) is 5.69 Å². The molecular formula is C24H28N4O5.